The number of nitrogens with zero attached hydrogens (tertiary/aromatic N) is 2. The molecular weight excluding hydrogens is 466 g/mol. The van der Waals surface area contributed by atoms with Gasteiger partial charge in [-0.15, -0.1) is 0 Å². The lowest BCUT2D eigenvalue weighted by molar-refractivity contribution is -0.115. The van der Waals surface area contributed by atoms with E-state index in [4.69, 9.17) is 9.15 Å². The second kappa shape index (κ2) is 10.0. The van der Waals surface area contributed by atoms with Crippen LogP contribution in [0.3, 0.4) is 0 Å². The lowest BCUT2D eigenvalue weighted by Gasteiger charge is -2.27. The molecule has 1 amide bonds. The smallest absolute Gasteiger partial charge is 0.243 e. The molecule has 0 atom stereocenters. The van der Waals surface area contributed by atoms with E-state index in [0.29, 0.717) is 32.0 Å². The van der Waals surface area contributed by atoms with Crippen molar-refractivity contribution in [2.75, 3.05) is 49.6 Å². The molecule has 1 N–H and O–H groups in total. The summed E-state index contributed by atoms with van der Waals surface area (Å²) < 4.78 is 38.9. The molecule has 2 aromatic carbocycles. The first kappa shape index (κ1) is 23.8. The summed E-state index contributed by atoms with van der Waals surface area (Å²) in [5.74, 6) is -0.214. The highest BCUT2D eigenvalue weighted by Crippen LogP contribution is 2.33. The first-order chi connectivity index (χ1) is 17.0. The molecule has 9 heteroatoms. The maximum absolute atomic E-state index is 13.2. The third kappa shape index (κ3) is 4.94. The monoisotopic (exact) mass is 497 g/mol. The zero-order valence-electron chi connectivity index (χ0n) is 20.0. The van der Waals surface area contributed by atoms with Crippen molar-refractivity contribution >= 4 is 38.3 Å². The number of benzene rings is 2. The van der Waals surface area contributed by atoms with Crippen LogP contribution in [0.15, 0.2) is 52.0 Å². The Balaban J connectivity index is 1.42. The Morgan fingerprint density at radius 1 is 1.03 bits per heavy atom. The number of anilines is 2. The van der Waals surface area contributed by atoms with Gasteiger partial charge in [-0.05, 0) is 49.1 Å². The van der Waals surface area contributed by atoms with E-state index in [2.05, 4.69) is 17.1 Å². The molecule has 8 nitrogen and oxygen atoms in total. The van der Waals surface area contributed by atoms with Crippen LogP contribution in [-0.2, 0) is 32.4 Å². The molecule has 0 aliphatic carbocycles. The minimum atomic E-state index is -3.68. The zero-order valence-corrected chi connectivity index (χ0v) is 20.8. The minimum Gasteiger partial charge on any atom is -0.464 e. The molecule has 5 rings (SSSR count). The van der Waals surface area contributed by atoms with Crippen LogP contribution in [0.25, 0.3) is 11.0 Å². The molecule has 2 aliphatic heterocycles. The van der Waals surface area contributed by atoms with Gasteiger partial charge in [0.15, 0.2) is 0 Å². The molecule has 0 unspecified atom stereocenters. The quantitative estimate of drug-likeness (QED) is 0.534. The molecule has 2 aliphatic rings. The van der Waals surface area contributed by atoms with Gasteiger partial charge in [0.05, 0.1) is 42.2 Å². The average molecular weight is 498 g/mol. The van der Waals surface area contributed by atoms with Gasteiger partial charge in [-0.25, -0.2) is 8.42 Å². The van der Waals surface area contributed by atoms with Crippen molar-refractivity contribution in [2.45, 2.75) is 37.5 Å². The van der Waals surface area contributed by atoms with Crippen LogP contribution in [0.2, 0.25) is 0 Å². The molecule has 0 spiro atoms. The molecule has 3 heterocycles. The highest BCUT2D eigenvalue weighted by atomic mass is 32.2. The van der Waals surface area contributed by atoms with Crippen LogP contribution in [-0.4, -0.2) is 58.0 Å². The highest BCUT2D eigenvalue weighted by Gasteiger charge is 2.28. The van der Waals surface area contributed by atoms with E-state index in [1.165, 1.54) is 9.87 Å². The number of aryl methyl sites for hydroxylation is 1. The molecule has 0 saturated carbocycles. The average Bonchev–Trinajstić information content (AvgIpc) is 3.55. The number of nitrogens with one attached hydrogen (secondary N) is 1. The number of fused-ring (bicyclic) bond motifs is 1. The van der Waals surface area contributed by atoms with Gasteiger partial charge in [0.2, 0.25) is 15.9 Å². The lowest BCUT2D eigenvalue weighted by atomic mass is 10.1. The summed E-state index contributed by atoms with van der Waals surface area (Å²) in [5.41, 5.74) is 4.12. The summed E-state index contributed by atoms with van der Waals surface area (Å²) in [6.07, 6.45) is 4.82. The standard InChI is InChI=1S/C26H31N3O5S/c1-2-19-5-7-22-20(18-34-25(22)15-19)16-26(30)27-23-17-21(6-8-24(23)28-9-3-4-10-28)35(31,32)29-11-13-33-14-12-29/h5-8,15,17-18H,2-4,9-14,16H2,1H3,(H,27,30). The number of morpholine rings is 1. The first-order valence-corrected chi connectivity index (χ1v) is 13.7. The van der Waals surface area contributed by atoms with Crippen molar-refractivity contribution in [3.05, 3.63) is 53.8 Å². The summed E-state index contributed by atoms with van der Waals surface area (Å²) >= 11 is 0. The van der Waals surface area contributed by atoms with Gasteiger partial charge in [0.1, 0.15) is 5.58 Å². The van der Waals surface area contributed by atoms with E-state index in [1.807, 2.05) is 24.3 Å². The SMILES string of the molecule is CCc1ccc2c(CC(=O)Nc3cc(S(=O)(=O)N4CCOCC4)ccc3N3CCCC3)coc2c1. The molecule has 2 fully saturated rings. The van der Waals surface area contributed by atoms with E-state index in [-0.39, 0.29) is 17.2 Å². The van der Waals surface area contributed by atoms with Crippen LogP contribution in [0.4, 0.5) is 11.4 Å². The Hall–Kier alpha value is -2.88. The second-order valence-electron chi connectivity index (χ2n) is 9.06. The van der Waals surface area contributed by atoms with E-state index in [9.17, 15) is 13.2 Å². The van der Waals surface area contributed by atoms with Crippen molar-refractivity contribution in [1.29, 1.82) is 0 Å². The number of furan rings is 1. The predicted octanol–water partition coefficient (Wildman–Crippen LogP) is 3.80. The Labute approximate surface area is 205 Å². The van der Waals surface area contributed by atoms with Crippen molar-refractivity contribution in [3.8, 4) is 0 Å². The van der Waals surface area contributed by atoms with Crippen LogP contribution in [0.5, 0.6) is 0 Å². The summed E-state index contributed by atoms with van der Waals surface area (Å²) in [6, 6.07) is 11.1. The fraction of sp³-hybridized carbons (Fsp3) is 0.423. The number of amides is 1. The number of hydrogen-bond acceptors (Lipinski definition) is 6. The van der Waals surface area contributed by atoms with Gasteiger partial charge in [0.25, 0.3) is 0 Å². The number of carbonyl (C=O) groups is 1. The van der Waals surface area contributed by atoms with Gasteiger partial charge in [-0.1, -0.05) is 19.1 Å². The molecule has 0 radical (unpaired) electrons. The molecule has 3 aromatic rings. The van der Waals surface area contributed by atoms with E-state index < -0.39 is 10.0 Å². The topological polar surface area (TPSA) is 92.1 Å². The third-order valence-corrected chi connectivity index (χ3v) is 8.67. The van der Waals surface area contributed by atoms with E-state index in [0.717, 1.165) is 54.6 Å². The summed E-state index contributed by atoms with van der Waals surface area (Å²) in [4.78, 5) is 15.5. The minimum absolute atomic E-state index is 0.137. The largest absolute Gasteiger partial charge is 0.464 e. The molecule has 2 saturated heterocycles. The second-order valence-corrected chi connectivity index (χ2v) is 11.0. The van der Waals surface area contributed by atoms with Gasteiger partial charge in [0, 0.05) is 37.1 Å². The number of hydrogen-bond donors (Lipinski definition) is 1. The van der Waals surface area contributed by atoms with Crippen LogP contribution in [0.1, 0.15) is 30.9 Å². The summed E-state index contributed by atoms with van der Waals surface area (Å²) in [5, 5.41) is 3.92. The molecule has 186 valence electrons. The molecular formula is C26H31N3O5S. The van der Waals surface area contributed by atoms with Gasteiger partial charge < -0.3 is 19.4 Å². The molecule has 0 bridgehead atoms. The number of sulfonamides is 1. The van der Waals surface area contributed by atoms with Gasteiger partial charge in [-0.2, -0.15) is 4.31 Å². The fourth-order valence-electron chi connectivity index (χ4n) is 4.80. The predicted molar refractivity (Wildman–Crippen MR) is 135 cm³/mol. The maximum Gasteiger partial charge on any atom is 0.243 e. The highest BCUT2D eigenvalue weighted by molar-refractivity contribution is 7.89. The first-order valence-electron chi connectivity index (χ1n) is 12.2. The summed E-state index contributed by atoms with van der Waals surface area (Å²) in [6.45, 7) is 5.26. The van der Waals surface area contributed by atoms with E-state index >= 15 is 0 Å². The van der Waals surface area contributed by atoms with Crippen LogP contribution >= 0.6 is 0 Å². The molecule has 35 heavy (non-hydrogen) atoms. The number of carbonyl (C=O) groups excluding carboxylic acids is 1. The maximum atomic E-state index is 13.2. The Bertz CT molecular complexity index is 1320. The Morgan fingerprint density at radius 2 is 1.80 bits per heavy atom. The van der Waals surface area contributed by atoms with Gasteiger partial charge >= 0.3 is 0 Å². The number of ether oxygens (including phenoxy) is 1. The zero-order chi connectivity index (χ0) is 24.4. The van der Waals surface area contributed by atoms with Crippen LogP contribution in [0, 0.1) is 0 Å². The normalized spacial score (nSPS) is 17.2. The van der Waals surface area contributed by atoms with E-state index in [1.54, 1.807) is 18.4 Å². The van der Waals surface area contributed by atoms with Crippen molar-refractivity contribution in [1.82, 2.24) is 4.31 Å². The van der Waals surface area contributed by atoms with Crippen molar-refractivity contribution in [2.24, 2.45) is 0 Å². The Morgan fingerprint density at radius 3 is 2.54 bits per heavy atom. The third-order valence-electron chi connectivity index (χ3n) is 6.78. The summed E-state index contributed by atoms with van der Waals surface area (Å²) in [7, 11) is -3.68. The van der Waals surface area contributed by atoms with Crippen molar-refractivity contribution in [3.63, 3.8) is 0 Å². The fourth-order valence-corrected chi connectivity index (χ4v) is 6.23. The Kier molecular flexibility index (Phi) is 6.82. The molecule has 1 aromatic heterocycles. The number of rotatable bonds is 7. The van der Waals surface area contributed by atoms with Gasteiger partial charge in [-0.3, -0.25) is 4.79 Å². The van der Waals surface area contributed by atoms with Crippen molar-refractivity contribution < 1.29 is 22.4 Å². The lowest BCUT2D eigenvalue weighted by Crippen LogP contribution is -2.40. The van der Waals surface area contributed by atoms with Crippen LogP contribution < -0.4 is 10.2 Å².